The molecule has 2 aromatic heterocycles. The van der Waals surface area contributed by atoms with E-state index in [1.807, 2.05) is 107 Å². The van der Waals surface area contributed by atoms with Gasteiger partial charge in [0.1, 0.15) is 24.4 Å². The predicted molar refractivity (Wildman–Crippen MR) is 388 cm³/mol. The molecule has 3 amide bonds. The van der Waals surface area contributed by atoms with E-state index < -0.39 is 68.0 Å². The minimum absolute atomic E-state index is 0. The van der Waals surface area contributed by atoms with Crippen molar-refractivity contribution in [2.75, 3.05) is 24.1 Å². The van der Waals surface area contributed by atoms with Crippen molar-refractivity contribution in [2.45, 2.75) is 151 Å². The number of pyridine rings is 2. The second-order valence-corrected chi connectivity index (χ2v) is 26.8. The number of carboxylic acid groups (broad SMARTS) is 1. The molecule has 0 saturated carbocycles. The summed E-state index contributed by atoms with van der Waals surface area (Å²) in [6.45, 7) is 21.1. The number of anilines is 2. The summed E-state index contributed by atoms with van der Waals surface area (Å²) in [6.07, 6.45) is 5.77. The quantitative estimate of drug-likeness (QED) is 0.0198. The number of hydrogen-bond acceptors (Lipinski definition) is 15. The standard InChI is InChI=1S/C33H35N3O5.C24H29NO6.C9H8N2.C5H6Cl4O2.3CH4/c1-21-6-13-28(22(2)16-21)31(38)40-20-23-7-9-24(10-8-23)29(19-35-32(39)41-33(3,4)5)30(37)36-27-12-11-26-18-34-15-14-25(26)17-27;1-15-6-11-19(16(2)12-15)22(28)30-14-17-7-9-18(10-8-17)20(21(26)27)13-25-23(29)31-24(3,4)5;10-9-2-1-8-6-11-4-3-7(8)5-9;1-4(2,5(7,8)9)11-3(6)10;;;/h6-18,29H,19-20H2,1-5H3,(H,35,39)(H,36,37);6-12,20H,13-14H2,1-5H3,(H,25,29)(H,26,27);1-6H,10H2;1-2H3;3*1H4/t29-;20-;;;;;/m11...../s1. The molecule has 0 fully saturated rings. The lowest BCUT2D eigenvalue weighted by Gasteiger charge is -2.30. The fourth-order valence-electron chi connectivity index (χ4n) is 8.69. The van der Waals surface area contributed by atoms with Gasteiger partial charge in [0, 0.05) is 71.6 Å². The van der Waals surface area contributed by atoms with Crippen LogP contribution < -0.4 is 21.7 Å². The van der Waals surface area contributed by atoms with Crippen LogP contribution >= 0.6 is 46.4 Å². The van der Waals surface area contributed by atoms with Crippen molar-refractivity contribution in [3.05, 3.63) is 214 Å². The van der Waals surface area contributed by atoms with Gasteiger partial charge in [-0.15, -0.1) is 0 Å². The molecule has 19 nitrogen and oxygen atoms in total. The maximum absolute atomic E-state index is 13.5. The molecule has 97 heavy (non-hydrogen) atoms. The number of aryl methyl sites for hydroxylation is 4. The smallest absolute Gasteiger partial charge is 0.407 e. The van der Waals surface area contributed by atoms with Crippen LogP contribution in [-0.2, 0) is 46.5 Å². The fraction of sp³-hybridized carbons (Fsp3) is 0.338. The molecule has 23 heteroatoms. The van der Waals surface area contributed by atoms with Crippen molar-refractivity contribution in [1.82, 2.24) is 20.6 Å². The number of ether oxygens (including phenoxy) is 5. The number of carbonyl (C=O) groups is 7. The lowest BCUT2D eigenvalue weighted by molar-refractivity contribution is -0.138. The van der Waals surface area contributed by atoms with Crippen LogP contribution in [0.1, 0.15) is 155 Å². The third-order valence-electron chi connectivity index (χ3n) is 13.6. The molecule has 0 saturated heterocycles. The highest BCUT2D eigenvalue weighted by atomic mass is 35.6. The minimum atomic E-state index is -1.68. The first kappa shape index (κ1) is 84.1. The molecule has 0 aliphatic heterocycles. The second-order valence-electron chi connectivity index (χ2n) is 24.2. The number of nitrogens with one attached hydrogen (secondary N) is 3. The zero-order valence-electron chi connectivity index (χ0n) is 54.3. The molecular formula is C74H90Cl4N6O13. The van der Waals surface area contributed by atoms with Crippen molar-refractivity contribution in [3.8, 4) is 0 Å². The summed E-state index contributed by atoms with van der Waals surface area (Å²) in [5, 5.41) is 21.9. The zero-order valence-corrected chi connectivity index (χ0v) is 57.3. The first-order chi connectivity index (χ1) is 44.0. The van der Waals surface area contributed by atoms with Gasteiger partial charge in [-0.25, -0.2) is 24.0 Å². The Balaban J connectivity index is 0.000000499. The van der Waals surface area contributed by atoms with Crippen molar-refractivity contribution in [1.29, 1.82) is 0 Å². The SMILES string of the molecule is C.C.C.CC(C)(OC(=O)Cl)C(Cl)(Cl)Cl.Cc1ccc(C(=O)OCc2ccc([C@@H](CNC(=O)OC(C)(C)C)C(=O)Nc3ccc4cnccc4c3)cc2)c(C)c1.Cc1ccc(C(=O)OCc2ccc([C@@H](CNC(=O)OC(C)(C)C)C(=O)O)cc2)c(C)c1.Nc1ccc2cnccc2c1. The van der Waals surface area contributed by atoms with Crippen molar-refractivity contribution in [2.24, 2.45) is 0 Å². The number of benzene rings is 6. The number of rotatable bonds is 16. The molecule has 2 atom stereocenters. The minimum Gasteiger partial charge on any atom is -0.481 e. The first-order valence-corrected chi connectivity index (χ1v) is 31.0. The van der Waals surface area contributed by atoms with E-state index in [-0.39, 0.29) is 54.5 Å². The molecule has 0 radical (unpaired) electrons. The van der Waals surface area contributed by atoms with Gasteiger partial charge in [0.05, 0.1) is 23.0 Å². The Morgan fingerprint density at radius 3 is 1.32 bits per heavy atom. The molecule has 8 aromatic rings. The van der Waals surface area contributed by atoms with E-state index in [0.29, 0.717) is 27.9 Å². The first-order valence-electron chi connectivity index (χ1n) is 29.5. The number of alkyl carbamates (subject to hydrolysis) is 2. The van der Waals surface area contributed by atoms with Crippen LogP contribution in [0.25, 0.3) is 21.5 Å². The highest BCUT2D eigenvalue weighted by Crippen LogP contribution is 2.40. The summed E-state index contributed by atoms with van der Waals surface area (Å²) in [6, 6.07) is 40.2. The summed E-state index contributed by atoms with van der Waals surface area (Å²) < 4.78 is 24.3. The number of carboxylic acids is 1. The molecule has 0 bridgehead atoms. The van der Waals surface area contributed by atoms with Gasteiger partial charge in [0.2, 0.25) is 9.70 Å². The Kier molecular flexibility index (Phi) is 33.0. The summed E-state index contributed by atoms with van der Waals surface area (Å²) >= 11 is 21.3. The Hall–Kier alpha value is -9.01. The molecule has 2 heterocycles. The monoisotopic (exact) mass is 1410 g/mol. The summed E-state index contributed by atoms with van der Waals surface area (Å²) in [4.78, 5) is 92.6. The van der Waals surface area contributed by atoms with Gasteiger partial charge in [0.25, 0.3) is 0 Å². The van der Waals surface area contributed by atoms with Gasteiger partial charge in [-0.1, -0.05) is 153 Å². The van der Waals surface area contributed by atoms with Crippen molar-refractivity contribution in [3.63, 3.8) is 0 Å². The number of carbonyl (C=O) groups excluding carboxylic acids is 6. The van der Waals surface area contributed by atoms with E-state index in [1.54, 1.807) is 121 Å². The maximum atomic E-state index is 13.5. The van der Waals surface area contributed by atoms with E-state index >= 15 is 0 Å². The fourth-order valence-corrected chi connectivity index (χ4v) is 9.00. The number of fused-ring (bicyclic) bond motifs is 2. The largest absolute Gasteiger partial charge is 0.481 e. The number of amides is 3. The van der Waals surface area contributed by atoms with Gasteiger partial charge in [0.15, 0.2) is 5.60 Å². The van der Waals surface area contributed by atoms with E-state index in [1.165, 1.54) is 13.8 Å². The molecule has 522 valence electrons. The van der Waals surface area contributed by atoms with Crippen LogP contribution in [0.4, 0.5) is 25.8 Å². The molecule has 6 N–H and O–H groups in total. The summed E-state index contributed by atoms with van der Waals surface area (Å²) in [5.41, 5.74) is 11.1. The zero-order chi connectivity index (χ0) is 69.7. The molecular weight excluding hydrogens is 1320 g/mol. The number of alkyl halides is 3. The average Bonchev–Trinajstić information content (AvgIpc) is 0.861. The van der Waals surface area contributed by atoms with Crippen LogP contribution in [0.2, 0.25) is 0 Å². The normalized spacial score (nSPS) is 11.5. The van der Waals surface area contributed by atoms with E-state index in [2.05, 4.69) is 30.7 Å². The van der Waals surface area contributed by atoms with Crippen molar-refractivity contribution < 1.29 is 62.4 Å². The number of aliphatic carboxylic acids is 1. The van der Waals surface area contributed by atoms with Gasteiger partial charge < -0.3 is 50.5 Å². The van der Waals surface area contributed by atoms with E-state index in [4.69, 9.17) is 71.1 Å². The Morgan fingerprint density at radius 2 is 0.928 bits per heavy atom. The van der Waals surface area contributed by atoms with Crippen LogP contribution in [0, 0.1) is 27.7 Å². The van der Waals surface area contributed by atoms with Crippen LogP contribution in [0.3, 0.4) is 0 Å². The van der Waals surface area contributed by atoms with Crippen molar-refractivity contribution >= 4 is 121 Å². The summed E-state index contributed by atoms with van der Waals surface area (Å²) in [7, 11) is 0. The predicted octanol–water partition coefficient (Wildman–Crippen LogP) is 18.0. The highest BCUT2D eigenvalue weighted by Gasteiger charge is 2.44. The Morgan fingerprint density at radius 1 is 0.515 bits per heavy atom. The lowest BCUT2D eigenvalue weighted by Crippen LogP contribution is -2.40. The van der Waals surface area contributed by atoms with Gasteiger partial charge in [-0.2, -0.15) is 0 Å². The molecule has 0 unspecified atom stereocenters. The van der Waals surface area contributed by atoms with Crippen LogP contribution in [-0.4, -0.2) is 90.2 Å². The molecule has 8 rings (SSSR count). The van der Waals surface area contributed by atoms with Gasteiger partial charge in [-0.3, -0.25) is 19.6 Å². The number of aromatic nitrogens is 2. The number of nitrogen functional groups attached to an aromatic ring is 1. The third-order valence-corrected chi connectivity index (χ3v) is 15.1. The van der Waals surface area contributed by atoms with Crippen LogP contribution in [0.5, 0.6) is 0 Å². The molecule has 0 aliphatic carbocycles. The number of halogens is 4. The molecule has 6 aromatic carbocycles. The lowest BCUT2D eigenvalue weighted by atomic mass is 9.96. The van der Waals surface area contributed by atoms with Crippen LogP contribution in [0.15, 0.2) is 158 Å². The van der Waals surface area contributed by atoms with Gasteiger partial charge in [-0.05, 0) is 176 Å². The number of hydrogen-bond donors (Lipinski definition) is 5. The molecule has 0 spiro atoms. The topological polar surface area (TPSA) is 274 Å². The number of nitrogens with zero attached hydrogens (tertiary/aromatic N) is 2. The molecule has 0 aliphatic rings. The Bertz CT molecular complexity index is 3940. The second kappa shape index (κ2) is 38.1. The third kappa shape index (κ3) is 28.3. The van der Waals surface area contributed by atoms with E-state index in [0.717, 1.165) is 60.6 Å². The number of nitrogens with two attached hydrogens (primary N) is 1. The average molecular weight is 1410 g/mol. The van der Waals surface area contributed by atoms with Gasteiger partial charge >= 0.3 is 35.5 Å². The highest BCUT2D eigenvalue weighted by molar-refractivity contribution is 6.68. The Labute approximate surface area is 589 Å². The number of esters is 2. The summed E-state index contributed by atoms with van der Waals surface area (Å²) in [5.74, 6) is -3.79. The van der Waals surface area contributed by atoms with E-state index in [9.17, 15) is 38.7 Å². The maximum Gasteiger partial charge on any atom is 0.407 e.